The van der Waals surface area contributed by atoms with Crippen molar-refractivity contribution in [1.82, 2.24) is 9.80 Å². The quantitative estimate of drug-likeness (QED) is 0.647. The third-order valence-electron chi connectivity index (χ3n) is 4.80. The average molecular weight is 416 g/mol. The lowest BCUT2D eigenvalue weighted by atomic mass is 10.1. The molecule has 0 aliphatic heterocycles. The summed E-state index contributed by atoms with van der Waals surface area (Å²) in [5.74, 6) is -0.149. The molecule has 0 bridgehead atoms. The van der Waals surface area contributed by atoms with Gasteiger partial charge in [-0.15, -0.1) is 0 Å². The van der Waals surface area contributed by atoms with Crippen LogP contribution in [-0.4, -0.2) is 47.3 Å². The fraction of sp³-hybridized carbons (Fsp3) is 0.391. The van der Waals surface area contributed by atoms with Crippen molar-refractivity contribution in [2.45, 2.75) is 40.3 Å². The van der Waals surface area contributed by atoms with Crippen LogP contribution in [0.15, 0.2) is 48.5 Å². The van der Waals surface area contributed by atoms with E-state index in [-0.39, 0.29) is 24.4 Å². The minimum Gasteiger partial charge on any atom is -0.339 e. The van der Waals surface area contributed by atoms with Crippen LogP contribution in [0.4, 0.5) is 5.69 Å². The predicted octanol–water partition coefficient (Wildman–Crippen LogP) is 4.67. The summed E-state index contributed by atoms with van der Waals surface area (Å²) in [6.45, 7) is 10.2. The number of anilines is 1. The Balaban J connectivity index is 2.04. The molecule has 1 N–H and O–H groups in total. The van der Waals surface area contributed by atoms with Crippen molar-refractivity contribution in [3.8, 4) is 0 Å². The van der Waals surface area contributed by atoms with Crippen molar-refractivity contribution >= 4 is 29.1 Å². The van der Waals surface area contributed by atoms with Gasteiger partial charge in [0.25, 0.3) is 5.91 Å². The summed E-state index contributed by atoms with van der Waals surface area (Å²) in [4.78, 5) is 29.0. The van der Waals surface area contributed by atoms with Gasteiger partial charge in [-0.25, -0.2) is 0 Å². The molecule has 0 saturated carbocycles. The molecule has 2 aromatic carbocycles. The van der Waals surface area contributed by atoms with Crippen LogP contribution in [0.2, 0.25) is 5.02 Å². The Morgan fingerprint density at radius 3 is 2.34 bits per heavy atom. The first-order valence-corrected chi connectivity index (χ1v) is 10.4. The van der Waals surface area contributed by atoms with Crippen LogP contribution >= 0.6 is 11.6 Å². The van der Waals surface area contributed by atoms with Gasteiger partial charge in [0.15, 0.2) is 0 Å². The van der Waals surface area contributed by atoms with Gasteiger partial charge >= 0.3 is 0 Å². The Morgan fingerprint density at radius 1 is 1.03 bits per heavy atom. The zero-order chi connectivity index (χ0) is 21.4. The van der Waals surface area contributed by atoms with Crippen LogP contribution in [0.5, 0.6) is 0 Å². The summed E-state index contributed by atoms with van der Waals surface area (Å²) in [7, 11) is 0. The molecule has 2 amide bonds. The lowest BCUT2D eigenvalue weighted by Crippen LogP contribution is -2.37. The summed E-state index contributed by atoms with van der Waals surface area (Å²) in [6, 6.07) is 14.9. The van der Waals surface area contributed by atoms with Gasteiger partial charge in [0.1, 0.15) is 0 Å². The van der Waals surface area contributed by atoms with Crippen LogP contribution in [0.3, 0.4) is 0 Å². The average Bonchev–Trinajstić information content (AvgIpc) is 2.68. The van der Waals surface area contributed by atoms with E-state index in [1.165, 1.54) is 0 Å². The standard InChI is InChI=1S/C23H30ClN3O2/c1-5-26(6-2)23(29)19-10-8-12-21(14-19)25-22(28)16-27(17(3)4)15-18-9-7-11-20(24)13-18/h7-14,17H,5-6,15-16H2,1-4H3,(H,25,28). The van der Waals surface area contributed by atoms with E-state index in [9.17, 15) is 9.59 Å². The SMILES string of the molecule is CCN(CC)C(=O)c1cccc(NC(=O)CN(Cc2cccc(Cl)c2)C(C)C)c1. The second-order valence-electron chi connectivity index (χ2n) is 7.24. The molecule has 0 spiro atoms. The van der Waals surface area contributed by atoms with Gasteiger partial charge in [-0.2, -0.15) is 0 Å². The van der Waals surface area contributed by atoms with Crippen molar-refractivity contribution in [3.05, 3.63) is 64.7 Å². The van der Waals surface area contributed by atoms with E-state index in [1.54, 1.807) is 29.2 Å². The molecule has 5 nitrogen and oxygen atoms in total. The van der Waals surface area contributed by atoms with E-state index in [0.29, 0.717) is 35.9 Å². The lowest BCUT2D eigenvalue weighted by Gasteiger charge is -2.26. The van der Waals surface area contributed by atoms with Gasteiger partial charge < -0.3 is 10.2 Å². The first-order valence-electron chi connectivity index (χ1n) is 10.0. The molecule has 2 aromatic rings. The number of rotatable bonds is 9. The van der Waals surface area contributed by atoms with Crippen LogP contribution in [0.1, 0.15) is 43.6 Å². The summed E-state index contributed by atoms with van der Waals surface area (Å²) in [5, 5.41) is 3.60. The molecule has 0 aliphatic rings. The van der Waals surface area contributed by atoms with Gasteiger partial charge in [-0.1, -0.05) is 29.8 Å². The maximum Gasteiger partial charge on any atom is 0.253 e. The minimum absolute atomic E-state index is 0.0316. The molecule has 0 saturated heterocycles. The lowest BCUT2D eigenvalue weighted by molar-refractivity contribution is -0.117. The number of hydrogen-bond donors (Lipinski definition) is 1. The number of halogens is 1. The topological polar surface area (TPSA) is 52.7 Å². The summed E-state index contributed by atoms with van der Waals surface area (Å²) < 4.78 is 0. The molecule has 6 heteroatoms. The van der Waals surface area contributed by atoms with Crippen molar-refractivity contribution in [3.63, 3.8) is 0 Å². The molecule has 156 valence electrons. The molecule has 0 aromatic heterocycles. The maximum atomic E-state index is 12.6. The highest BCUT2D eigenvalue weighted by Gasteiger charge is 2.16. The molecule has 2 rings (SSSR count). The van der Waals surface area contributed by atoms with Crippen molar-refractivity contribution in [1.29, 1.82) is 0 Å². The monoisotopic (exact) mass is 415 g/mol. The third kappa shape index (κ3) is 6.87. The molecular formula is C23H30ClN3O2. The largest absolute Gasteiger partial charge is 0.339 e. The zero-order valence-corrected chi connectivity index (χ0v) is 18.4. The molecule has 0 radical (unpaired) electrons. The Hall–Kier alpha value is -2.37. The Morgan fingerprint density at radius 2 is 1.72 bits per heavy atom. The van der Waals surface area contributed by atoms with Gasteiger partial charge in [0.05, 0.1) is 6.54 Å². The molecule has 0 fully saturated rings. The molecule has 0 heterocycles. The van der Waals surface area contributed by atoms with E-state index >= 15 is 0 Å². The fourth-order valence-corrected chi connectivity index (χ4v) is 3.31. The first-order chi connectivity index (χ1) is 13.8. The van der Waals surface area contributed by atoms with Crippen LogP contribution in [-0.2, 0) is 11.3 Å². The summed E-state index contributed by atoms with van der Waals surface area (Å²) >= 11 is 6.08. The molecular weight excluding hydrogens is 386 g/mol. The van der Waals surface area contributed by atoms with Crippen molar-refractivity contribution in [2.75, 3.05) is 25.0 Å². The van der Waals surface area contributed by atoms with Crippen molar-refractivity contribution in [2.24, 2.45) is 0 Å². The number of carbonyl (C=O) groups is 2. The Kier molecular flexibility index (Phi) is 8.68. The fourth-order valence-electron chi connectivity index (χ4n) is 3.10. The van der Waals surface area contributed by atoms with E-state index in [0.717, 1.165) is 5.56 Å². The summed E-state index contributed by atoms with van der Waals surface area (Å²) in [5.41, 5.74) is 2.26. The van der Waals surface area contributed by atoms with Crippen LogP contribution in [0, 0.1) is 0 Å². The van der Waals surface area contributed by atoms with Gasteiger partial charge in [0.2, 0.25) is 5.91 Å². The van der Waals surface area contributed by atoms with E-state index in [2.05, 4.69) is 24.1 Å². The number of benzene rings is 2. The van der Waals surface area contributed by atoms with Gasteiger partial charge in [-0.05, 0) is 63.6 Å². The zero-order valence-electron chi connectivity index (χ0n) is 17.6. The number of nitrogens with one attached hydrogen (secondary N) is 1. The van der Waals surface area contributed by atoms with E-state index in [1.807, 2.05) is 38.1 Å². The highest BCUT2D eigenvalue weighted by Crippen LogP contribution is 2.16. The second-order valence-corrected chi connectivity index (χ2v) is 7.67. The Labute approximate surface area is 178 Å². The maximum absolute atomic E-state index is 12.6. The first kappa shape index (κ1) is 22.9. The normalized spacial score (nSPS) is 11.0. The van der Waals surface area contributed by atoms with E-state index in [4.69, 9.17) is 11.6 Å². The number of carbonyl (C=O) groups excluding carboxylic acids is 2. The number of amides is 2. The minimum atomic E-state index is -0.117. The summed E-state index contributed by atoms with van der Waals surface area (Å²) in [6.07, 6.45) is 0. The smallest absolute Gasteiger partial charge is 0.253 e. The van der Waals surface area contributed by atoms with Gasteiger partial charge in [0, 0.05) is 41.9 Å². The van der Waals surface area contributed by atoms with Crippen LogP contribution in [0.25, 0.3) is 0 Å². The van der Waals surface area contributed by atoms with Crippen LogP contribution < -0.4 is 5.32 Å². The molecule has 0 aliphatic carbocycles. The molecule has 0 atom stereocenters. The second kappa shape index (κ2) is 11.0. The predicted molar refractivity (Wildman–Crippen MR) is 119 cm³/mol. The third-order valence-corrected chi connectivity index (χ3v) is 5.03. The van der Waals surface area contributed by atoms with E-state index < -0.39 is 0 Å². The van der Waals surface area contributed by atoms with Crippen molar-refractivity contribution < 1.29 is 9.59 Å². The Bertz CT molecular complexity index is 834. The highest BCUT2D eigenvalue weighted by atomic mass is 35.5. The highest BCUT2D eigenvalue weighted by molar-refractivity contribution is 6.30. The van der Waals surface area contributed by atoms with Gasteiger partial charge in [-0.3, -0.25) is 14.5 Å². The molecule has 29 heavy (non-hydrogen) atoms. The number of nitrogens with zero attached hydrogens (tertiary/aromatic N) is 2. The number of hydrogen-bond acceptors (Lipinski definition) is 3. The molecule has 0 unspecified atom stereocenters.